The Hall–Kier alpha value is -4.80. The van der Waals surface area contributed by atoms with Crippen LogP contribution in [0.15, 0.2) is 84.9 Å². The Morgan fingerprint density at radius 2 is 0.929 bits per heavy atom. The lowest BCUT2D eigenvalue weighted by molar-refractivity contribution is 0.0436. The van der Waals surface area contributed by atoms with Crippen molar-refractivity contribution in [1.29, 1.82) is 0 Å². The molecule has 5 rings (SSSR count). The molecule has 12 heteroatoms. The van der Waals surface area contributed by atoms with Gasteiger partial charge in [-0.15, -0.1) is 0 Å². The number of carbonyl (C=O) groups is 4. The molecule has 1 aliphatic rings. The van der Waals surface area contributed by atoms with E-state index in [0.717, 1.165) is 0 Å². The van der Waals surface area contributed by atoms with E-state index in [9.17, 15) is 19.2 Å². The first-order valence-corrected chi connectivity index (χ1v) is 13.4. The number of nitrogens with zero attached hydrogens (tertiary/aromatic N) is 2. The van der Waals surface area contributed by atoms with Crippen molar-refractivity contribution < 1.29 is 28.7 Å². The number of pyridine rings is 2. The first kappa shape index (κ1) is 28.7. The molecule has 2 atom stereocenters. The largest absolute Gasteiger partial charge is 0.458 e. The molecule has 2 amide bonds. The van der Waals surface area contributed by atoms with Gasteiger partial charge in [0.25, 0.3) is 11.8 Å². The molecule has 0 fully saturated rings. The molecule has 0 spiro atoms. The molecule has 1 aliphatic heterocycles. The maximum absolute atomic E-state index is 13.3. The minimum absolute atomic E-state index is 0.0561. The number of rotatable bonds is 2. The van der Waals surface area contributed by atoms with Gasteiger partial charge in [-0.25, -0.2) is 19.6 Å². The van der Waals surface area contributed by atoms with Crippen LogP contribution in [-0.2, 0) is 9.47 Å². The van der Waals surface area contributed by atoms with Crippen LogP contribution in [0.25, 0.3) is 0 Å². The van der Waals surface area contributed by atoms with Crippen LogP contribution >= 0.6 is 23.2 Å². The summed E-state index contributed by atoms with van der Waals surface area (Å²) in [5.41, 5.74) is 0.518. The quantitative estimate of drug-likeness (QED) is 0.313. The molecule has 0 aliphatic carbocycles. The molecule has 0 saturated heterocycles. The number of esters is 2. The van der Waals surface area contributed by atoms with E-state index in [2.05, 4.69) is 20.6 Å². The van der Waals surface area contributed by atoms with Crippen molar-refractivity contribution in [2.24, 2.45) is 0 Å². The number of carbonyl (C=O) groups excluding carboxylic acids is 4. The monoisotopic (exact) mass is 604 g/mol. The van der Waals surface area contributed by atoms with Gasteiger partial charge in [-0.3, -0.25) is 9.59 Å². The van der Waals surface area contributed by atoms with Gasteiger partial charge in [0.1, 0.15) is 24.6 Å². The van der Waals surface area contributed by atoms with Gasteiger partial charge in [0.2, 0.25) is 0 Å². The fourth-order valence-corrected chi connectivity index (χ4v) is 4.59. The van der Waals surface area contributed by atoms with Crippen LogP contribution in [0.4, 0.5) is 0 Å². The van der Waals surface area contributed by atoms with Crippen molar-refractivity contribution >= 4 is 47.0 Å². The highest BCUT2D eigenvalue weighted by Crippen LogP contribution is 2.21. The molecule has 42 heavy (non-hydrogen) atoms. The van der Waals surface area contributed by atoms with Gasteiger partial charge in [-0.1, -0.05) is 83.9 Å². The molecule has 0 saturated carbocycles. The topological polar surface area (TPSA) is 137 Å². The summed E-state index contributed by atoms with van der Waals surface area (Å²) >= 11 is 12.4. The van der Waals surface area contributed by atoms with Gasteiger partial charge >= 0.3 is 11.9 Å². The number of aromatic nitrogens is 2. The third kappa shape index (κ3) is 6.91. The summed E-state index contributed by atoms with van der Waals surface area (Å²) in [6, 6.07) is 21.1. The molecular weight excluding hydrogens is 583 g/mol. The van der Waals surface area contributed by atoms with E-state index < -0.39 is 35.8 Å². The first-order chi connectivity index (χ1) is 20.3. The van der Waals surface area contributed by atoms with Gasteiger partial charge in [0, 0.05) is 10.0 Å². The highest BCUT2D eigenvalue weighted by atomic mass is 35.5. The number of cyclic esters (lactones) is 2. The summed E-state index contributed by atoms with van der Waals surface area (Å²) in [5.74, 6) is -3.07. The van der Waals surface area contributed by atoms with Crippen molar-refractivity contribution in [1.82, 2.24) is 20.6 Å². The number of amides is 2. The Bertz CT molecular complexity index is 1540. The van der Waals surface area contributed by atoms with Crippen LogP contribution in [0, 0.1) is 0 Å². The minimum atomic E-state index is -0.875. The molecule has 4 bridgehead atoms. The van der Waals surface area contributed by atoms with E-state index >= 15 is 0 Å². The van der Waals surface area contributed by atoms with Gasteiger partial charge < -0.3 is 20.1 Å². The fraction of sp³-hybridized carbons (Fsp3) is 0.133. The Kier molecular flexibility index (Phi) is 8.75. The van der Waals surface area contributed by atoms with Gasteiger partial charge in [0.05, 0.1) is 12.1 Å². The minimum Gasteiger partial charge on any atom is -0.458 e. The van der Waals surface area contributed by atoms with Crippen LogP contribution in [0.1, 0.15) is 65.2 Å². The number of nitrogens with one attached hydrogen (secondary N) is 2. The van der Waals surface area contributed by atoms with Crippen molar-refractivity contribution in [2.75, 3.05) is 13.2 Å². The van der Waals surface area contributed by atoms with Crippen LogP contribution < -0.4 is 10.6 Å². The number of ether oxygens (including phenoxy) is 2. The maximum Gasteiger partial charge on any atom is 0.357 e. The fourth-order valence-electron chi connectivity index (χ4n) is 4.18. The summed E-state index contributed by atoms with van der Waals surface area (Å²) in [6.45, 7) is -0.593. The highest BCUT2D eigenvalue weighted by Gasteiger charge is 2.25. The summed E-state index contributed by atoms with van der Waals surface area (Å²) < 4.78 is 10.9. The van der Waals surface area contributed by atoms with Gasteiger partial charge in [-0.05, 0) is 35.4 Å². The second-order valence-corrected chi connectivity index (χ2v) is 10.1. The molecule has 0 radical (unpaired) electrons. The summed E-state index contributed by atoms with van der Waals surface area (Å²) in [7, 11) is 0. The Labute approximate surface area is 250 Å². The van der Waals surface area contributed by atoms with Crippen molar-refractivity contribution in [2.45, 2.75) is 12.1 Å². The van der Waals surface area contributed by atoms with E-state index in [1.807, 2.05) is 0 Å². The average molecular weight is 605 g/mol. The molecule has 2 aromatic carbocycles. The standard InChI is InChI=1S/C30H22Cl2N4O6/c31-19-11-21-27(37)35-25(17-7-3-1-4-8-17)15-41-29(39)23-13-20(32)14-24(34-23)30(40)42-16-26(18-9-5-2-6-10-18)36-28(38)22(12-19)33-21/h1-14,25-26H,15-16H2,(H,35,37)(H,36,38)/t25-,26-/m1/s1. The molecule has 212 valence electrons. The third-order valence-corrected chi connectivity index (χ3v) is 6.68. The van der Waals surface area contributed by atoms with Crippen LogP contribution in [-0.4, -0.2) is 46.9 Å². The number of hydrogen-bond acceptors (Lipinski definition) is 8. The smallest absolute Gasteiger partial charge is 0.357 e. The zero-order valence-electron chi connectivity index (χ0n) is 21.8. The predicted octanol–water partition coefficient (Wildman–Crippen LogP) is 4.75. The first-order valence-electron chi connectivity index (χ1n) is 12.7. The van der Waals surface area contributed by atoms with Crippen molar-refractivity contribution in [3.63, 3.8) is 0 Å². The van der Waals surface area contributed by atoms with E-state index in [4.69, 9.17) is 32.7 Å². The van der Waals surface area contributed by atoms with E-state index in [-0.39, 0.29) is 46.0 Å². The van der Waals surface area contributed by atoms with E-state index in [1.165, 1.54) is 24.3 Å². The number of hydrogen-bond donors (Lipinski definition) is 2. The van der Waals surface area contributed by atoms with Crippen molar-refractivity contribution in [3.8, 4) is 0 Å². The summed E-state index contributed by atoms with van der Waals surface area (Å²) in [6.07, 6.45) is 0. The summed E-state index contributed by atoms with van der Waals surface area (Å²) in [4.78, 5) is 60.9. The zero-order valence-corrected chi connectivity index (χ0v) is 23.3. The highest BCUT2D eigenvalue weighted by molar-refractivity contribution is 6.31. The lowest BCUT2D eigenvalue weighted by Crippen LogP contribution is -2.35. The Morgan fingerprint density at radius 1 is 0.571 bits per heavy atom. The van der Waals surface area contributed by atoms with Crippen LogP contribution in [0.2, 0.25) is 10.0 Å². The zero-order chi connectivity index (χ0) is 29.6. The van der Waals surface area contributed by atoms with E-state index in [0.29, 0.717) is 11.1 Å². The number of benzene rings is 2. The maximum atomic E-state index is 13.3. The molecule has 10 nitrogen and oxygen atoms in total. The molecule has 2 aromatic heterocycles. The number of halogens is 2. The SMILES string of the molecule is O=C1N[C@@H](c2ccccc2)COC(=O)c2cc(Cl)cc(n2)C(=O)OC[C@H](c2ccccc2)NC(=O)c2cc(Cl)cc1n2. The predicted molar refractivity (Wildman–Crippen MR) is 152 cm³/mol. The average Bonchev–Trinajstić information content (AvgIpc) is 3.00. The van der Waals surface area contributed by atoms with Gasteiger partial charge in [0.15, 0.2) is 11.4 Å². The second-order valence-electron chi connectivity index (χ2n) is 9.18. The Morgan fingerprint density at radius 3 is 1.33 bits per heavy atom. The van der Waals surface area contributed by atoms with Crippen molar-refractivity contribution in [3.05, 3.63) is 129 Å². The van der Waals surface area contributed by atoms with Crippen LogP contribution in [0.5, 0.6) is 0 Å². The lowest BCUT2D eigenvalue weighted by atomic mass is 10.1. The molecule has 4 aromatic rings. The molecule has 2 N–H and O–H groups in total. The van der Waals surface area contributed by atoms with E-state index in [1.54, 1.807) is 60.7 Å². The molecule has 3 heterocycles. The second kappa shape index (κ2) is 12.8. The third-order valence-electron chi connectivity index (χ3n) is 6.24. The summed E-state index contributed by atoms with van der Waals surface area (Å²) in [5, 5.41) is 5.71. The molecule has 0 unspecified atom stereocenters. The Balaban J connectivity index is 1.55. The number of fused-ring (bicyclic) bond motifs is 4. The normalized spacial score (nSPS) is 18.0. The van der Waals surface area contributed by atoms with Gasteiger partial charge in [-0.2, -0.15) is 0 Å². The van der Waals surface area contributed by atoms with Crippen LogP contribution in [0.3, 0.4) is 0 Å². The lowest BCUT2D eigenvalue weighted by Gasteiger charge is -2.21. The molecular formula is C30H22Cl2N4O6.